The van der Waals surface area contributed by atoms with Gasteiger partial charge in [0.15, 0.2) is 0 Å². The number of allylic oxidation sites excluding steroid dienone is 3. The van der Waals surface area contributed by atoms with E-state index in [1.165, 1.54) is 0 Å². The van der Waals surface area contributed by atoms with Gasteiger partial charge < -0.3 is 4.42 Å². The Bertz CT molecular complexity index is 1010. The van der Waals surface area contributed by atoms with Crippen LogP contribution < -0.4 is 0 Å². The Hall–Kier alpha value is -3.13. The third-order valence-electron chi connectivity index (χ3n) is 3.95. The fourth-order valence-electron chi connectivity index (χ4n) is 2.69. The normalized spacial score (nSPS) is 12.5. The molecule has 1 heterocycles. The van der Waals surface area contributed by atoms with E-state index < -0.39 is 0 Å². The van der Waals surface area contributed by atoms with Crippen molar-refractivity contribution in [2.24, 2.45) is 4.99 Å². The summed E-state index contributed by atoms with van der Waals surface area (Å²) in [5.41, 5.74) is 5.15. The Balaban J connectivity index is 2.02. The first kappa shape index (κ1) is 15.8. The van der Waals surface area contributed by atoms with Crippen molar-refractivity contribution >= 4 is 27.7 Å². The van der Waals surface area contributed by atoms with Crippen LogP contribution in [0.5, 0.6) is 0 Å². The van der Waals surface area contributed by atoms with Gasteiger partial charge in [0.2, 0.25) is 0 Å². The fraction of sp³-hybridized carbons (Fsp3) is 0.0455. The fourth-order valence-corrected chi connectivity index (χ4v) is 2.69. The Kier molecular flexibility index (Phi) is 4.30. The molecule has 0 unspecified atom stereocenters. The molecule has 24 heavy (non-hydrogen) atoms. The van der Waals surface area contributed by atoms with E-state index >= 15 is 0 Å². The predicted molar refractivity (Wildman–Crippen MR) is 104 cm³/mol. The van der Waals surface area contributed by atoms with E-state index in [-0.39, 0.29) is 0 Å². The molecule has 0 bridgehead atoms. The van der Waals surface area contributed by atoms with E-state index in [4.69, 9.17) is 4.42 Å². The summed E-state index contributed by atoms with van der Waals surface area (Å²) in [6.45, 7) is 13.5. The zero-order chi connectivity index (χ0) is 17.1. The lowest BCUT2D eigenvalue weighted by Gasteiger charge is -2.04. The summed E-state index contributed by atoms with van der Waals surface area (Å²) >= 11 is 0. The number of aliphatic imine (C=N–C) groups is 1. The number of nitrogens with zero attached hydrogens (tertiary/aromatic N) is 1. The first-order valence-corrected chi connectivity index (χ1v) is 7.75. The maximum atomic E-state index is 5.94. The minimum absolute atomic E-state index is 0.659. The third-order valence-corrected chi connectivity index (χ3v) is 3.95. The van der Waals surface area contributed by atoms with Gasteiger partial charge >= 0.3 is 0 Å². The van der Waals surface area contributed by atoms with Gasteiger partial charge in [-0.15, -0.1) is 0 Å². The van der Waals surface area contributed by atoms with Gasteiger partial charge in [-0.3, -0.25) is 4.99 Å². The number of fused-ring (bicyclic) bond motifs is 3. The van der Waals surface area contributed by atoms with Crippen LogP contribution in [-0.4, -0.2) is 5.71 Å². The number of furan rings is 1. The summed E-state index contributed by atoms with van der Waals surface area (Å²) < 4.78 is 5.94. The zero-order valence-corrected chi connectivity index (χ0v) is 13.8. The van der Waals surface area contributed by atoms with Crippen molar-refractivity contribution in [3.63, 3.8) is 0 Å². The summed E-state index contributed by atoms with van der Waals surface area (Å²) in [5.74, 6) is 0. The van der Waals surface area contributed by atoms with Crippen molar-refractivity contribution in [1.82, 2.24) is 0 Å². The van der Waals surface area contributed by atoms with Crippen molar-refractivity contribution in [2.45, 2.75) is 6.92 Å². The molecule has 0 amide bonds. The molecule has 3 aromatic rings. The van der Waals surface area contributed by atoms with Gasteiger partial charge in [-0.2, -0.15) is 0 Å². The second-order valence-corrected chi connectivity index (χ2v) is 5.51. The molecular weight excluding hydrogens is 294 g/mol. The van der Waals surface area contributed by atoms with Crippen LogP contribution in [0.4, 0.5) is 0 Å². The van der Waals surface area contributed by atoms with E-state index in [2.05, 4.69) is 42.9 Å². The summed E-state index contributed by atoms with van der Waals surface area (Å²) in [4.78, 5) is 4.59. The van der Waals surface area contributed by atoms with Crippen molar-refractivity contribution < 1.29 is 4.42 Å². The third kappa shape index (κ3) is 2.86. The number of benzene rings is 2. The highest BCUT2D eigenvalue weighted by Crippen LogP contribution is 2.29. The molecule has 3 rings (SSSR count). The molecule has 2 nitrogen and oxygen atoms in total. The number of hydrogen-bond acceptors (Lipinski definition) is 2. The van der Waals surface area contributed by atoms with E-state index in [1.807, 2.05) is 37.3 Å². The van der Waals surface area contributed by atoms with Gasteiger partial charge in [-0.25, -0.2) is 0 Å². The maximum absolute atomic E-state index is 5.94. The molecule has 2 aromatic carbocycles. The van der Waals surface area contributed by atoms with Crippen LogP contribution in [0.2, 0.25) is 0 Å². The smallest absolute Gasteiger partial charge is 0.136 e. The molecule has 0 fully saturated rings. The van der Waals surface area contributed by atoms with E-state index in [0.717, 1.165) is 38.8 Å². The lowest BCUT2D eigenvalue weighted by atomic mass is 10.1. The molecule has 0 aliphatic carbocycles. The van der Waals surface area contributed by atoms with Crippen LogP contribution >= 0.6 is 0 Å². The largest absolute Gasteiger partial charge is 0.456 e. The molecule has 0 aliphatic rings. The Labute approximate surface area is 141 Å². The topological polar surface area (TPSA) is 25.5 Å². The van der Waals surface area contributed by atoms with Crippen molar-refractivity contribution in [3.05, 3.63) is 97.3 Å². The number of hydrogen-bond donors (Lipinski definition) is 0. The summed E-state index contributed by atoms with van der Waals surface area (Å²) in [7, 11) is 0. The van der Waals surface area contributed by atoms with Crippen LogP contribution in [0.1, 0.15) is 12.5 Å². The summed E-state index contributed by atoms with van der Waals surface area (Å²) in [6.07, 6.45) is 5.27. The average Bonchev–Trinajstić information content (AvgIpc) is 2.97. The van der Waals surface area contributed by atoms with E-state index in [1.54, 1.807) is 12.2 Å². The lowest BCUT2D eigenvalue weighted by molar-refractivity contribution is 0.669. The van der Waals surface area contributed by atoms with Crippen molar-refractivity contribution in [3.8, 4) is 0 Å². The van der Waals surface area contributed by atoms with Crippen molar-refractivity contribution in [2.75, 3.05) is 0 Å². The van der Waals surface area contributed by atoms with Crippen LogP contribution in [0.15, 0.2) is 101 Å². The number of rotatable bonds is 5. The Morgan fingerprint density at radius 1 is 1.04 bits per heavy atom. The lowest BCUT2D eigenvalue weighted by Crippen LogP contribution is -1.96. The first-order chi connectivity index (χ1) is 11.6. The van der Waals surface area contributed by atoms with Gasteiger partial charge in [0.25, 0.3) is 0 Å². The van der Waals surface area contributed by atoms with Crippen LogP contribution in [0.25, 0.3) is 21.9 Å². The SMILES string of the molecule is C=C/C=C(\C=C)C(=C)N=C(C)c1ccc2c(c1)oc1ccccc12. The van der Waals surface area contributed by atoms with Crippen molar-refractivity contribution in [1.29, 1.82) is 0 Å². The van der Waals surface area contributed by atoms with Gasteiger partial charge in [0.1, 0.15) is 11.2 Å². The highest BCUT2D eigenvalue weighted by atomic mass is 16.3. The molecular formula is C22H19NO. The van der Waals surface area contributed by atoms with Gasteiger partial charge in [0, 0.05) is 16.5 Å². The van der Waals surface area contributed by atoms with Gasteiger partial charge in [-0.05, 0) is 36.3 Å². The predicted octanol–water partition coefficient (Wildman–Crippen LogP) is 6.21. The monoisotopic (exact) mass is 313 g/mol. The molecule has 2 heteroatoms. The van der Waals surface area contributed by atoms with Crippen LogP contribution in [-0.2, 0) is 0 Å². The van der Waals surface area contributed by atoms with Gasteiger partial charge in [0.05, 0.1) is 5.70 Å². The second-order valence-electron chi connectivity index (χ2n) is 5.51. The molecule has 0 radical (unpaired) electrons. The Morgan fingerprint density at radius 2 is 1.79 bits per heavy atom. The average molecular weight is 313 g/mol. The maximum Gasteiger partial charge on any atom is 0.136 e. The molecule has 0 atom stereocenters. The molecule has 118 valence electrons. The van der Waals surface area contributed by atoms with Crippen LogP contribution in [0.3, 0.4) is 0 Å². The highest BCUT2D eigenvalue weighted by Gasteiger charge is 2.08. The molecule has 0 saturated heterocycles. The number of para-hydroxylation sites is 1. The summed E-state index contributed by atoms with van der Waals surface area (Å²) in [5, 5.41) is 2.24. The van der Waals surface area contributed by atoms with E-state index in [0.29, 0.717) is 5.70 Å². The van der Waals surface area contributed by atoms with Gasteiger partial charge in [-0.1, -0.05) is 62.2 Å². The molecule has 1 aromatic heterocycles. The Morgan fingerprint density at radius 3 is 2.54 bits per heavy atom. The zero-order valence-electron chi connectivity index (χ0n) is 13.8. The molecule has 0 spiro atoms. The van der Waals surface area contributed by atoms with E-state index in [9.17, 15) is 0 Å². The minimum Gasteiger partial charge on any atom is -0.456 e. The molecule has 0 saturated carbocycles. The summed E-state index contributed by atoms with van der Waals surface area (Å²) in [6, 6.07) is 14.2. The standard InChI is InChI=1S/C22H19NO/c1-5-9-17(6-2)15(3)23-16(4)18-12-13-20-19-10-7-8-11-21(19)24-22(20)14-18/h5-14H,1-3H2,4H3/b17-9+,23-16?. The first-order valence-electron chi connectivity index (χ1n) is 7.75. The molecule has 0 N–H and O–H groups in total. The highest BCUT2D eigenvalue weighted by molar-refractivity contribution is 6.08. The van der Waals surface area contributed by atoms with Crippen LogP contribution in [0, 0.1) is 0 Å². The second kappa shape index (κ2) is 6.55. The minimum atomic E-state index is 0.659. The molecule has 0 aliphatic heterocycles. The quantitative estimate of drug-likeness (QED) is 0.406.